The number of carbonyl (C=O) groups is 1. The van der Waals surface area contributed by atoms with Gasteiger partial charge in [-0.15, -0.1) is 0 Å². The Morgan fingerprint density at radius 1 is 1.40 bits per heavy atom. The summed E-state index contributed by atoms with van der Waals surface area (Å²) in [7, 11) is 0. The minimum absolute atomic E-state index is 0.204. The van der Waals surface area contributed by atoms with Gasteiger partial charge in [0.15, 0.2) is 0 Å². The van der Waals surface area contributed by atoms with Crippen LogP contribution in [0.1, 0.15) is 6.42 Å². The van der Waals surface area contributed by atoms with Crippen LogP contribution in [0.4, 0.5) is 5.69 Å². The zero-order valence-corrected chi connectivity index (χ0v) is 10.9. The number of benzene rings is 1. The number of hydrogen-bond acceptors (Lipinski definition) is 4. The first-order chi connectivity index (χ1) is 9.67. The van der Waals surface area contributed by atoms with Crippen molar-refractivity contribution < 1.29 is 9.53 Å². The lowest BCUT2D eigenvalue weighted by Gasteiger charge is -2.20. The minimum Gasteiger partial charge on any atom is -0.379 e. The number of nitrogens with one attached hydrogen (secondary N) is 2. The number of ether oxygens (including phenoxy) is 1. The molecule has 3 rings (SSSR count). The molecule has 1 unspecified atom stereocenters. The molecule has 0 aliphatic carbocycles. The van der Waals surface area contributed by atoms with Gasteiger partial charge in [0.2, 0.25) is 5.91 Å². The van der Waals surface area contributed by atoms with E-state index in [1.807, 2.05) is 24.3 Å². The molecule has 1 aromatic carbocycles. The normalized spacial score (nSPS) is 21.9. The fourth-order valence-electron chi connectivity index (χ4n) is 2.16. The van der Waals surface area contributed by atoms with Crippen molar-refractivity contribution >= 4 is 11.6 Å². The summed E-state index contributed by atoms with van der Waals surface area (Å²) in [5.74, 6) is -0.204. The highest BCUT2D eigenvalue weighted by atomic mass is 16.5. The molecule has 4 N–H and O–H groups in total. The summed E-state index contributed by atoms with van der Waals surface area (Å²) in [6.45, 7) is 0.799. The number of carbonyl (C=O) groups excluding carboxylic acids is 1. The summed E-state index contributed by atoms with van der Waals surface area (Å²) in [5, 5.41) is 2.83. The van der Waals surface area contributed by atoms with E-state index in [0.717, 1.165) is 16.9 Å². The molecule has 104 valence electrons. The molecule has 0 saturated carbocycles. The van der Waals surface area contributed by atoms with Gasteiger partial charge in [-0.1, -0.05) is 12.1 Å². The Morgan fingerprint density at radius 2 is 2.20 bits per heavy atom. The van der Waals surface area contributed by atoms with Crippen LogP contribution in [0.5, 0.6) is 0 Å². The molecule has 6 heteroatoms. The average Bonchev–Trinajstić information content (AvgIpc) is 3.11. The second-order valence-corrected chi connectivity index (χ2v) is 4.96. The van der Waals surface area contributed by atoms with Crippen molar-refractivity contribution in [2.75, 3.05) is 18.5 Å². The smallest absolute Gasteiger partial charge is 0.246 e. The van der Waals surface area contributed by atoms with Gasteiger partial charge in [-0.3, -0.25) is 4.79 Å². The van der Waals surface area contributed by atoms with Gasteiger partial charge in [-0.25, -0.2) is 4.98 Å². The van der Waals surface area contributed by atoms with Gasteiger partial charge in [0.05, 0.1) is 24.8 Å². The molecule has 0 radical (unpaired) electrons. The number of nitrogens with zero attached hydrogens (tertiary/aromatic N) is 1. The van der Waals surface area contributed by atoms with Gasteiger partial charge in [-0.2, -0.15) is 0 Å². The average molecular weight is 272 g/mol. The second-order valence-electron chi connectivity index (χ2n) is 4.96. The Balaban J connectivity index is 1.71. The number of anilines is 1. The van der Waals surface area contributed by atoms with E-state index >= 15 is 0 Å². The van der Waals surface area contributed by atoms with E-state index in [-0.39, 0.29) is 12.5 Å². The molecule has 1 aliphatic rings. The summed E-state index contributed by atoms with van der Waals surface area (Å²) in [5.41, 5.74) is 7.75. The van der Waals surface area contributed by atoms with E-state index in [2.05, 4.69) is 15.3 Å². The summed E-state index contributed by atoms with van der Waals surface area (Å²) in [6, 6.07) is 7.51. The number of aromatic nitrogens is 2. The van der Waals surface area contributed by atoms with Gasteiger partial charge >= 0.3 is 0 Å². The van der Waals surface area contributed by atoms with Gasteiger partial charge in [-0.05, 0) is 24.1 Å². The van der Waals surface area contributed by atoms with E-state index in [4.69, 9.17) is 10.5 Å². The van der Waals surface area contributed by atoms with Gasteiger partial charge in [0.25, 0.3) is 0 Å². The molecule has 1 aliphatic heterocycles. The van der Waals surface area contributed by atoms with Gasteiger partial charge in [0.1, 0.15) is 5.54 Å². The zero-order chi connectivity index (χ0) is 14.0. The zero-order valence-electron chi connectivity index (χ0n) is 10.9. The third kappa shape index (κ3) is 2.43. The van der Waals surface area contributed by atoms with E-state index in [1.54, 1.807) is 12.5 Å². The molecule has 1 saturated heterocycles. The molecule has 0 spiro atoms. The second kappa shape index (κ2) is 5.07. The van der Waals surface area contributed by atoms with Crippen molar-refractivity contribution in [3.8, 4) is 11.3 Å². The number of nitrogens with two attached hydrogens (primary N) is 1. The molecule has 1 aromatic heterocycles. The molecule has 1 fully saturated rings. The topological polar surface area (TPSA) is 93.0 Å². The summed E-state index contributed by atoms with van der Waals surface area (Å²) in [6.07, 6.45) is 3.92. The SMILES string of the molecule is NC1(C(=O)Nc2ccc(-c3cnc[nH]3)cc2)CCOC1. The predicted octanol–water partition coefficient (Wildman–Crippen LogP) is 1.13. The standard InChI is InChI=1S/C14H16N4O2/c15-14(5-6-20-8-14)13(19)18-11-3-1-10(2-4-11)12-7-16-9-17-12/h1-4,7,9H,5-6,8,15H2,(H,16,17)(H,18,19). The highest BCUT2D eigenvalue weighted by molar-refractivity contribution is 5.98. The third-order valence-electron chi connectivity index (χ3n) is 3.46. The molecule has 2 heterocycles. The molecule has 2 aromatic rings. The first-order valence-corrected chi connectivity index (χ1v) is 6.44. The highest BCUT2D eigenvalue weighted by Crippen LogP contribution is 2.21. The number of imidazole rings is 1. The highest BCUT2D eigenvalue weighted by Gasteiger charge is 2.38. The predicted molar refractivity (Wildman–Crippen MR) is 75.0 cm³/mol. The maximum Gasteiger partial charge on any atom is 0.246 e. The molecule has 0 bridgehead atoms. The number of rotatable bonds is 3. The molecule has 1 amide bonds. The molecular formula is C14H16N4O2. The summed E-state index contributed by atoms with van der Waals surface area (Å²) >= 11 is 0. The lowest BCUT2D eigenvalue weighted by Crippen LogP contribution is -2.51. The first kappa shape index (κ1) is 12.8. The number of H-pyrrole nitrogens is 1. The Bertz CT molecular complexity index is 586. The van der Waals surface area contributed by atoms with Crippen molar-refractivity contribution in [1.29, 1.82) is 0 Å². The lowest BCUT2D eigenvalue weighted by atomic mass is 9.99. The van der Waals surface area contributed by atoms with Crippen LogP contribution in [-0.4, -0.2) is 34.6 Å². The van der Waals surface area contributed by atoms with Crippen LogP contribution >= 0.6 is 0 Å². The Morgan fingerprint density at radius 3 is 2.80 bits per heavy atom. The van der Waals surface area contributed by atoms with E-state index in [0.29, 0.717) is 13.0 Å². The Hall–Kier alpha value is -2.18. The van der Waals surface area contributed by atoms with Crippen molar-refractivity contribution in [2.24, 2.45) is 5.73 Å². The van der Waals surface area contributed by atoms with E-state index in [1.165, 1.54) is 0 Å². The van der Waals surface area contributed by atoms with Gasteiger partial charge in [0, 0.05) is 12.3 Å². The molecule has 6 nitrogen and oxygen atoms in total. The van der Waals surface area contributed by atoms with Crippen molar-refractivity contribution in [3.05, 3.63) is 36.8 Å². The summed E-state index contributed by atoms with van der Waals surface area (Å²) < 4.78 is 5.19. The van der Waals surface area contributed by atoms with Crippen LogP contribution in [0.3, 0.4) is 0 Å². The Labute approximate surface area is 116 Å². The monoisotopic (exact) mass is 272 g/mol. The van der Waals surface area contributed by atoms with Crippen LogP contribution in [-0.2, 0) is 9.53 Å². The van der Waals surface area contributed by atoms with Crippen molar-refractivity contribution in [1.82, 2.24) is 9.97 Å². The molecular weight excluding hydrogens is 256 g/mol. The Kier molecular flexibility index (Phi) is 3.25. The quantitative estimate of drug-likeness (QED) is 0.781. The van der Waals surface area contributed by atoms with Crippen molar-refractivity contribution in [2.45, 2.75) is 12.0 Å². The third-order valence-corrected chi connectivity index (χ3v) is 3.46. The molecule has 20 heavy (non-hydrogen) atoms. The first-order valence-electron chi connectivity index (χ1n) is 6.44. The van der Waals surface area contributed by atoms with Crippen LogP contribution in [0.25, 0.3) is 11.3 Å². The largest absolute Gasteiger partial charge is 0.379 e. The van der Waals surface area contributed by atoms with Crippen LogP contribution < -0.4 is 11.1 Å². The minimum atomic E-state index is -0.915. The lowest BCUT2D eigenvalue weighted by molar-refractivity contribution is -0.121. The number of aromatic amines is 1. The maximum atomic E-state index is 12.1. The van der Waals surface area contributed by atoms with E-state index in [9.17, 15) is 4.79 Å². The number of amides is 1. The van der Waals surface area contributed by atoms with Crippen LogP contribution in [0.2, 0.25) is 0 Å². The van der Waals surface area contributed by atoms with Crippen molar-refractivity contribution in [3.63, 3.8) is 0 Å². The number of hydrogen-bond donors (Lipinski definition) is 3. The maximum absolute atomic E-state index is 12.1. The molecule has 1 atom stereocenters. The fourth-order valence-corrected chi connectivity index (χ4v) is 2.16. The van der Waals surface area contributed by atoms with Crippen LogP contribution in [0.15, 0.2) is 36.8 Å². The van der Waals surface area contributed by atoms with E-state index < -0.39 is 5.54 Å². The van der Waals surface area contributed by atoms with Gasteiger partial charge < -0.3 is 20.8 Å². The van der Waals surface area contributed by atoms with Crippen LogP contribution in [0, 0.1) is 0 Å². The summed E-state index contributed by atoms with van der Waals surface area (Å²) in [4.78, 5) is 19.1. The fraction of sp³-hybridized carbons (Fsp3) is 0.286.